The molecule has 10 nitrogen and oxygen atoms in total. The molecule has 0 amide bonds. The standard InChI is InChI=1S/2C22H18N2O3/c2*1-13-17(15-5-3-14(12-23)4-6-15)9-10-24-20(13)18(16-7-8-16)11-19(21(24)25)22(26)27-2/h2*3-6,9-11,16H,7-8H2,1-2H3. The summed E-state index contributed by atoms with van der Waals surface area (Å²) in [6, 6.07) is 26.2. The van der Waals surface area contributed by atoms with Crippen LogP contribution in [0, 0.1) is 36.5 Å². The van der Waals surface area contributed by atoms with E-state index >= 15 is 0 Å². The SMILES string of the molecule is COC(=O)c1cc(C2CC2)c2c(C)c(-c3ccc(C#N)cc3)ccn2c1=O.COC(=O)c1cc(C2CC2)c2c(C)c(-c3ccc(C#N)cc3)ccn2c1=O. The zero-order chi connectivity index (χ0) is 38.3. The van der Waals surface area contributed by atoms with Crippen molar-refractivity contribution in [3.63, 3.8) is 0 Å². The van der Waals surface area contributed by atoms with E-state index in [1.54, 1.807) is 57.6 Å². The van der Waals surface area contributed by atoms with E-state index in [1.165, 1.54) is 14.2 Å². The summed E-state index contributed by atoms with van der Waals surface area (Å²) in [5.74, 6) is -0.493. The van der Waals surface area contributed by atoms with E-state index < -0.39 is 11.9 Å². The molecule has 0 saturated heterocycles. The van der Waals surface area contributed by atoms with Crippen LogP contribution in [0.1, 0.15) is 91.6 Å². The van der Waals surface area contributed by atoms with Crippen molar-refractivity contribution in [2.75, 3.05) is 14.2 Å². The van der Waals surface area contributed by atoms with E-state index in [0.717, 1.165) is 81.2 Å². The smallest absolute Gasteiger partial charge is 0.343 e. The highest BCUT2D eigenvalue weighted by atomic mass is 16.5. The number of esters is 2. The zero-order valence-corrected chi connectivity index (χ0v) is 30.3. The van der Waals surface area contributed by atoms with Gasteiger partial charge in [0.25, 0.3) is 11.1 Å². The Labute approximate surface area is 311 Å². The molecule has 0 bridgehead atoms. The van der Waals surface area contributed by atoms with Crippen molar-refractivity contribution < 1.29 is 19.1 Å². The summed E-state index contributed by atoms with van der Waals surface area (Å²) in [6.07, 6.45) is 7.64. The molecule has 4 aromatic heterocycles. The minimum Gasteiger partial charge on any atom is -0.465 e. The summed E-state index contributed by atoms with van der Waals surface area (Å²) in [4.78, 5) is 49.8. The number of ether oxygens (including phenoxy) is 2. The first-order valence-corrected chi connectivity index (χ1v) is 17.7. The van der Waals surface area contributed by atoms with Gasteiger partial charge in [-0.25, -0.2) is 9.59 Å². The first-order chi connectivity index (χ1) is 26.1. The van der Waals surface area contributed by atoms with E-state index in [2.05, 4.69) is 12.1 Å². The van der Waals surface area contributed by atoms with Gasteiger partial charge in [0, 0.05) is 12.4 Å². The monoisotopic (exact) mass is 716 g/mol. The number of hydrogen-bond acceptors (Lipinski definition) is 8. The Kier molecular flexibility index (Phi) is 9.45. The molecule has 0 atom stereocenters. The number of nitriles is 2. The van der Waals surface area contributed by atoms with Gasteiger partial charge in [-0.1, -0.05) is 24.3 Å². The largest absolute Gasteiger partial charge is 0.465 e. The van der Waals surface area contributed by atoms with Crippen LogP contribution in [0.5, 0.6) is 0 Å². The fourth-order valence-electron chi connectivity index (χ4n) is 7.19. The summed E-state index contributed by atoms with van der Waals surface area (Å²) in [5.41, 5.74) is 10.3. The number of nitrogens with zero attached hydrogens (tertiary/aromatic N) is 4. The minimum absolute atomic E-state index is 0.0717. The van der Waals surface area contributed by atoms with Gasteiger partial charge in [0.1, 0.15) is 11.1 Å². The minimum atomic E-state index is -0.606. The maximum Gasteiger partial charge on any atom is 0.343 e. The number of pyridine rings is 4. The molecule has 0 radical (unpaired) electrons. The third-order valence-electron chi connectivity index (χ3n) is 10.3. The molecular formula is C44H36N4O6. The van der Waals surface area contributed by atoms with Crippen molar-refractivity contribution in [1.82, 2.24) is 8.80 Å². The van der Waals surface area contributed by atoms with Gasteiger partial charge in [0.15, 0.2) is 0 Å². The quantitative estimate of drug-likeness (QED) is 0.160. The van der Waals surface area contributed by atoms with Gasteiger partial charge in [0.05, 0.1) is 48.5 Å². The molecule has 6 aromatic rings. The maximum atomic E-state index is 12.8. The highest BCUT2D eigenvalue weighted by Gasteiger charge is 2.31. The van der Waals surface area contributed by atoms with E-state index in [9.17, 15) is 19.2 Å². The summed E-state index contributed by atoms with van der Waals surface area (Å²) in [5, 5.41) is 18.0. The number of carbonyl (C=O) groups is 2. The Bertz CT molecular complexity index is 2520. The molecule has 2 aliphatic rings. The molecule has 268 valence electrons. The van der Waals surface area contributed by atoms with Crippen molar-refractivity contribution in [3.05, 3.63) is 150 Å². The highest BCUT2D eigenvalue weighted by Crippen LogP contribution is 2.44. The lowest BCUT2D eigenvalue weighted by atomic mass is 9.96. The van der Waals surface area contributed by atoms with Crippen molar-refractivity contribution in [1.29, 1.82) is 10.5 Å². The summed E-state index contributed by atoms with van der Waals surface area (Å²) in [7, 11) is 2.57. The second kappa shape index (κ2) is 14.3. The third kappa shape index (κ3) is 6.44. The van der Waals surface area contributed by atoms with Crippen molar-refractivity contribution in [2.45, 2.75) is 51.4 Å². The molecule has 0 unspecified atom stereocenters. The summed E-state index contributed by atoms with van der Waals surface area (Å²) >= 11 is 0. The number of aromatic nitrogens is 2. The predicted octanol–water partition coefficient (Wildman–Crippen LogP) is 7.62. The van der Waals surface area contributed by atoms with Gasteiger partial charge >= 0.3 is 11.9 Å². The Balaban J connectivity index is 0.000000167. The molecule has 8 rings (SSSR count). The van der Waals surface area contributed by atoms with Crippen LogP contribution in [0.4, 0.5) is 0 Å². The van der Waals surface area contributed by atoms with Crippen LogP contribution >= 0.6 is 0 Å². The van der Waals surface area contributed by atoms with E-state index in [-0.39, 0.29) is 22.2 Å². The number of methoxy groups -OCH3 is 2. The second-order valence-electron chi connectivity index (χ2n) is 13.7. The van der Waals surface area contributed by atoms with Crippen LogP contribution in [0.15, 0.2) is 94.8 Å². The fraction of sp³-hybridized carbons (Fsp3) is 0.227. The lowest BCUT2D eigenvalue weighted by Gasteiger charge is -2.15. The Morgan fingerprint density at radius 2 is 0.963 bits per heavy atom. The van der Waals surface area contributed by atoms with E-state index in [4.69, 9.17) is 20.0 Å². The van der Waals surface area contributed by atoms with Crippen LogP contribution in [-0.2, 0) is 9.47 Å². The Morgan fingerprint density at radius 3 is 1.26 bits per heavy atom. The maximum absolute atomic E-state index is 12.8. The first kappa shape index (κ1) is 35.6. The summed E-state index contributed by atoms with van der Waals surface area (Å²) < 4.78 is 12.7. The van der Waals surface area contributed by atoms with Gasteiger partial charge in [-0.2, -0.15) is 10.5 Å². The predicted molar refractivity (Wildman–Crippen MR) is 204 cm³/mol. The third-order valence-corrected chi connectivity index (χ3v) is 10.3. The molecule has 10 heteroatoms. The number of rotatable bonds is 6. The van der Waals surface area contributed by atoms with Crippen LogP contribution in [-0.4, -0.2) is 35.0 Å². The molecular weight excluding hydrogens is 681 g/mol. The van der Waals surface area contributed by atoms with Crippen LogP contribution < -0.4 is 11.1 Å². The number of hydrogen-bond donors (Lipinski definition) is 0. The van der Waals surface area contributed by atoms with Gasteiger partial charge in [-0.15, -0.1) is 0 Å². The lowest BCUT2D eigenvalue weighted by Crippen LogP contribution is -2.24. The number of fused-ring (bicyclic) bond motifs is 2. The normalized spacial score (nSPS) is 13.4. The van der Waals surface area contributed by atoms with Gasteiger partial charge < -0.3 is 9.47 Å². The number of carbonyl (C=O) groups excluding carboxylic acids is 2. The molecule has 2 saturated carbocycles. The summed E-state index contributed by atoms with van der Waals surface area (Å²) in [6.45, 7) is 3.98. The molecule has 54 heavy (non-hydrogen) atoms. The second-order valence-corrected chi connectivity index (χ2v) is 13.7. The molecule has 2 fully saturated rings. The Hall–Kier alpha value is -6.78. The molecule has 2 aromatic carbocycles. The fourth-order valence-corrected chi connectivity index (χ4v) is 7.19. The zero-order valence-electron chi connectivity index (χ0n) is 30.3. The lowest BCUT2D eigenvalue weighted by molar-refractivity contribution is 0.0589. The highest BCUT2D eigenvalue weighted by molar-refractivity contribution is 5.91. The van der Waals surface area contributed by atoms with E-state index in [1.807, 2.05) is 50.2 Å². The van der Waals surface area contributed by atoms with Gasteiger partial charge in [-0.3, -0.25) is 18.4 Å². The topological polar surface area (TPSA) is 143 Å². The van der Waals surface area contributed by atoms with Crippen molar-refractivity contribution in [2.24, 2.45) is 0 Å². The van der Waals surface area contributed by atoms with Crippen LogP contribution in [0.2, 0.25) is 0 Å². The average Bonchev–Trinajstić information content (AvgIpc) is 4.14. The van der Waals surface area contributed by atoms with Gasteiger partial charge in [-0.05, 0) is 144 Å². The molecule has 2 aliphatic carbocycles. The molecule has 0 N–H and O–H groups in total. The van der Waals surface area contributed by atoms with Crippen LogP contribution in [0.25, 0.3) is 33.3 Å². The Morgan fingerprint density at radius 1 is 0.611 bits per heavy atom. The van der Waals surface area contributed by atoms with Gasteiger partial charge in [0.2, 0.25) is 0 Å². The van der Waals surface area contributed by atoms with E-state index in [0.29, 0.717) is 23.0 Å². The first-order valence-electron chi connectivity index (χ1n) is 17.7. The molecule has 4 heterocycles. The molecule has 0 aliphatic heterocycles. The average molecular weight is 717 g/mol. The van der Waals surface area contributed by atoms with Crippen molar-refractivity contribution >= 4 is 23.0 Å². The van der Waals surface area contributed by atoms with Crippen molar-refractivity contribution in [3.8, 4) is 34.4 Å². The molecule has 0 spiro atoms. The number of aryl methyl sites for hydroxylation is 2. The number of benzene rings is 2. The van der Waals surface area contributed by atoms with Crippen LogP contribution in [0.3, 0.4) is 0 Å².